The summed E-state index contributed by atoms with van der Waals surface area (Å²) in [6.07, 6.45) is 0.826. The van der Waals surface area contributed by atoms with E-state index < -0.39 is 5.38 Å². The van der Waals surface area contributed by atoms with Gasteiger partial charge in [-0.3, -0.25) is 9.69 Å². The summed E-state index contributed by atoms with van der Waals surface area (Å²) >= 11 is 5.73. The molecule has 0 bridgehead atoms. The summed E-state index contributed by atoms with van der Waals surface area (Å²) < 4.78 is 0. The molecule has 1 aromatic carbocycles. The minimum absolute atomic E-state index is 0.111. The van der Waals surface area contributed by atoms with Crippen LogP contribution in [0.1, 0.15) is 19.4 Å². The Bertz CT molecular complexity index is 531. The largest absolute Gasteiger partial charge is 0.338 e. The fraction of sp³-hybridized carbons (Fsp3) is 0.429. The van der Waals surface area contributed by atoms with Crippen molar-refractivity contribution in [2.75, 3.05) is 23.3 Å². The van der Waals surface area contributed by atoms with Crippen LogP contribution in [0, 0.1) is 0 Å². The molecule has 1 aliphatic rings. The molecule has 0 spiro atoms. The Morgan fingerprint density at radius 1 is 1.45 bits per heavy atom. The molecule has 0 aromatic heterocycles. The van der Waals surface area contributed by atoms with Gasteiger partial charge in [0, 0.05) is 18.8 Å². The van der Waals surface area contributed by atoms with Crippen molar-refractivity contribution in [3.8, 4) is 0 Å². The van der Waals surface area contributed by atoms with E-state index in [1.54, 1.807) is 11.8 Å². The Hall–Kier alpha value is -1.75. The van der Waals surface area contributed by atoms with Gasteiger partial charge in [0.15, 0.2) is 0 Å². The van der Waals surface area contributed by atoms with Gasteiger partial charge in [-0.15, -0.1) is 11.6 Å². The van der Waals surface area contributed by atoms with Gasteiger partial charge in [0.25, 0.3) is 0 Å². The number of hydrogen-bond donors (Lipinski definition) is 2. The van der Waals surface area contributed by atoms with Crippen LogP contribution >= 0.6 is 11.6 Å². The molecular weight excluding hydrogens is 278 g/mol. The van der Waals surface area contributed by atoms with Crippen molar-refractivity contribution in [2.45, 2.75) is 25.6 Å². The van der Waals surface area contributed by atoms with Crippen LogP contribution in [0.4, 0.5) is 16.2 Å². The molecule has 0 aliphatic carbocycles. The van der Waals surface area contributed by atoms with Crippen LogP contribution in [0.2, 0.25) is 0 Å². The minimum Gasteiger partial charge on any atom is -0.338 e. The lowest BCUT2D eigenvalue weighted by Gasteiger charge is -2.18. The number of anilines is 2. The maximum atomic E-state index is 12.0. The fourth-order valence-electron chi connectivity index (χ4n) is 2.16. The van der Waals surface area contributed by atoms with E-state index in [1.807, 2.05) is 25.1 Å². The Balaban J connectivity index is 2.19. The van der Waals surface area contributed by atoms with Gasteiger partial charge in [0.1, 0.15) is 5.38 Å². The number of rotatable bonds is 3. The van der Waals surface area contributed by atoms with Gasteiger partial charge < -0.3 is 10.6 Å². The number of hydrogen-bond acceptors (Lipinski definition) is 2. The third-order valence-electron chi connectivity index (χ3n) is 3.18. The quantitative estimate of drug-likeness (QED) is 0.841. The Morgan fingerprint density at radius 3 is 2.85 bits per heavy atom. The van der Waals surface area contributed by atoms with E-state index >= 15 is 0 Å². The number of carbonyl (C=O) groups excluding carboxylic acids is 2. The predicted octanol–water partition coefficient (Wildman–Crippen LogP) is 2.34. The van der Waals surface area contributed by atoms with E-state index in [2.05, 4.69) is 10.6 Å². The molecule has 5 nitrogen and oxygen atoms in total. The lowest BCUT2D eigenvalue weighted by molar-refractivity contribution is -0.115. The molecule has 20 heavy (non-hydrogen) atoms. The number of nitrogens with one attached hydrogen (secondary N) is 2. The number of urea groups is 1. The summed E-state index contributed by atoms with van der Waals surface area (Å²) in [5, 5.41) is 4.92. The van der Waals surface area contributed by atoms with Gasteiger partial charge >= 0.3 is 6.03 Å². The average Bonchev–Trinajstić information content (AvgIpc) is 2.82. The van der Waals surface area contributed by atoms with Crippen molar-refractivity contribution in [3.05, 3.63) is 23.8 Å². The molecule has 2 rings (SSSR count). The highest BCUT2D eigenvalue weighted by molar-refractivity contribution is 6.32. The molecule has 3 amide bonds. The van der Waals surface area contributed by atoms with E-state index in [-0.39, 0.29) is 11.9 Å². The van der Waals surface area contributed by atoms with Crippen molar-refractivity contribution < 1.29 is 9.59 Å². The summed E-state index contributed by atoms with van der Waals surface area (Å²) in [4.78, 5) is 25.2. The van der Waals surface area contributed by atoms with Crippen LogP contribution in [0.15, 0.2) is 18.2 Å². The molecule has 6 heteroatoms. The van der Waals surface area contributed by atoms with Crippen LogP contribution in [0.25, 0.3) is 0 Å². The number of amides is 3. The number of alkyl halides is 1. The van der Waals surface area contributed by atoms with Crippen molar-refractivity contribution in [2.24, 2.45) is 0 Å². The van der Waals surface area contributed by atoms with Crippen molar-refractivity contribution in [1.29, 1.82) is 0 Å². The normalized spacial score (nSPS) is 14.7. The number of fused-ring (bicyclic) bond motifs is 1. The second-order valence-corrected chi connectivity index (χ2v) is 5.34. The molecule has 1 atom stereocenters. The zero-order valence-corrected chi connectivity index (χ0v) is 12.3. The zero-order valence-electron chi connectivity index (χ0n) is 11.6. The average molecular weight is 296 g/mol. The van der Waals surface area contributed by atoms with Gasteiger partial charge in [-0.2, -0.15) is 0 Å². The Kier molecular flexibility index (Phi) is 4.49. The third-order valence-corrected chi connectivity index (χ3v) is 3.38. The molecule has 0 saturated heterocycles. The van der Waals surface area contributed by atoms with Gasteiger partial charge in [-0.25, -0.2) is 4.79 Å². The fourth-order valence-corrected chi connectivity index (χ4v) is 2.21. The molecule has 1 unspecified atom stereocenters. The highest BCUT2D eigenvalue weighted by atomic mass is 35.5. The topological polar surface area (TPSA) is 61.4 Å². The summed E-state index contributed by atoms with van der Waals surface area (Å²) in [7, 11) is 0. The monoisotopic (exact) mass is 295 g/mol. The SMILES string of the molecule is CCNC(=O)N1CCc2ccc(NC(=O)C(C)Cl)cc21. The highest BCUT2D eigenvalue weighted by Crippen LogP contribution is 2.31. The van der Waals surface area contributed by atoms with Gasteiger partial charge in [-0.1, -0.05) is 6.07 Å². The molecule has 1 aromatic rings. The summed E-state index contributed by atoms with van der Waals surface area (Å²) in [5.41, 5.74) is 2.60. The molecule has 0 fully saturated rings. The molecule has 108 valence electrons. The van der Waals surface area contributed by atoms with Crippen LogP contribution in [-0.4, -0.2) is 30.4 Å². The maximum Gasteiger partial charge on any atom is 0.321 e. The van der Waals surface area contributed by atoms with E-state index in [9.17, 15) is 9.59 Å². The molecular formula is C14H18ClN3O2. The number of benzene rings is 1. The molecule has 1 aliphatic heterocycles. The second kappa shape index (κ2) is 6.13. The first-order valence-electron chi connectivity index (χ1n) is 6.66. The molecule has 1 heterocycles. The third kappa shape index (κ3) is 3.04. The van der Waals surface area contributed by atoms with Crippen LogP contribution in [-0.2, 0) is 11.2 Å². The summed E-state index contributed by atoms with van der Waals surface area (Å²) in [5.74, 6) is -0.255. The van der Waals surface area contributed by atoms with Crippen molar-refractivity contribution >= 4 is 34.9 Å². The Labute approximate surface area is 123 Å². The molecule has 0 radical (unpaired) electrons. The second-order valence-electron chi connectivity index (χ2n) is 4.69. The minimum atomic E-state index is -0.595. The summed E-state index contributed by atoms with van der Waals surface area (Å²) in [6.45, 7) is 4.74. The van der Waals surface area contributed by atoms with E-state index in [4.69, 9.17) is 11.6 Å². The Morgan fingerprint density at radius 2 is 2.20 bits per heavy atom. The number of nitrogens with zero attached hydrogens (tertiary/aromatic N) is 1. The standard InChI is InChI=1S/C14H18ClN3O2/c1-3-16-14(20)18-7-6-10-4-5-11(8-12(10)18)17-13(19)9(2)15/h4-5,8-9H,3,6-7H2,1-2H3,(H,16,20)(H,17,19). The molecule has 0 saturated carbocycles. The van der Waals surface area contributed by atoms with Gasteiger partial charge in [-0.05, 0) is 38.0 Å². The summed E-state index contributed by atoms with van der Waals surface area (Å²) in [6, 6.07) is 5.47. The number of carbonyl (C=O) groups is 2. The number of halogens is 1. The first-order valence-corrected chi connectivity index (χ1v) is 7.09. The molecule has 2 N–H and O–H groups in total. The first kappa shape index (κ1) is 14.7. The lowest BCUT2D eigenvalue weighted by Crippen LogP contribution is -2.38. The van der Waals surface area contributed by atoms with E-state index in [1.165, 1.54) is 0 Å². The maximum absolute atomic E-state index is 12.0. The lowest BCUT2D eigenvalue weighted by atomic mass is 10.1. The van der Waals surface area contributed by atoms with Crippen LogP contribution in [0.3, 0.4) is 0 Å². The van der Waals surface area contributed by atoms with Crippen molar-refractivity contribution in [3.63, 3.8) is 0 Å². The van der Waals surface area contributed by atoms with Crippen LogP contribution < -0.4 is 15.5 Å². The van der Waals surface area contributed by atoms with Gasteiger partial charge in [0.05, 0.1) is 5.69 Å². The first-order chi connectivity index (χ1) is 9.52. The van der Waals surface area contributed by atoms with Gasteiger partial charge in [0.2, 0.25) is 5.91 Å². The van der Waals surface area contributed by atoms with E-state index in [0.717, 1.165) is 17.7 Å². The predicted molar refractivity (Wildman–Crippen MR) is 80.5 cm³/mol. The zero-order chi connectivity index (χ0) is 14.7. The smallest absolute Gasteiger partial charge is 0.321 e. The van der Waals surface area contributed by atoms with Crippen LogP contribution in [0.5, 0.6) is 0 Å². The van der Waals surface area contributed by atoms with E-state index in [0.29, 0.717) is 18.8 Å². The highest BCUT2D eigenvalue weighted by Gasteiger charge is 2.24. The van der Waals surface area contributed by atoms with Crippen molar-refractivity contribution in [1.82, 2.24) is 5.32 Å².